The summed E-state index contributed by atoms with van der Waals surface area (Å²) in [6, 6.07) is 0. The first-order valence-corrected chi connectivity index (χ1v) is 9.51. The first kappa shape index (κ1) is 27.7. The Balaban J connectivity index is 4.10. The van der Waals surface area contributed by atoms with Gasteiger partial charge >= 0.3 is 23.9 Å². The van der Waals surface area contributed by atoms with Crippen molar-refractivity contribution < 1.29 is 59.3 Å². The average Bonchev–Trinajstić information content (AvgIpc) is 2.69. The molecule has 0 rings (SSSR count). The zero-order valence-electron chi connectivity index (χ0n) is 16.5. The van der Waals surface area contributed by atoms with Gasteiger partial charge in [0.05, 0.1) is 0 Å². The lowest BCUT2D eigenvalue weighted by atomic mass is 10.0. The van der Waals surface area contributed by atoms with Crippen LogP contribution in [0.5, 0.6) is 0 Å². The molecule has 0 saturated carbocycles. The number of esters is 2. The Bertz CT molecular complexity index is 501. The Labute approximate surface area is 173 Å². The van der Waals surface area contributed by atoms with Crippen LogP contribution in [0.1, 0.15) is 51.4 Å². The van der Waals surface area contributed by atoms with Gasteiger partial charge in [0.25, 0.3) is 0 Å². The van der Waals surface area contributed by atoms with Crippen LogP contribution in [0.2, 0.25) is 0 Å². The summed E-state index contributed by atoms with van der Waals surface area (Å²) in [5.41, 5.74) is 0. The van der Waals surface area contributed by atoms with Crippen molar-refractivity contribution in [1.29, 1.82) is 0 Å². The van der Waals surface area contributed by atoms with E-state index >= 15 is 0 Å². The lowest BCUT2D eigenvalue weighted by Gasteiger charge is -2.26. The maximum absolute atomic E-state index is 11.5. The van der Waals surface area contributed by atoms with Crippen LogP contribution in [0, 0.1) is 0 Å². The highest BCUT2D eigenvalue weighted by atomic mass is 16.5. The molecule has 0 aromatic rings. The van der Waals surface area contributed by atoms with Crippen molar-refractivity contribution >= 4 is 23.9 Å². The number of rotatable bonds is 17. The van der Waals surface area contributed by atoms with Crippen LogP contribution in [-0.4, -0.2) is 92.1 Å². The van der Waals surface area contributed by atoms with Crippen LogP contribution < -0.4 is 0 Å². The molecular formula is C18H30O12. The summed E-state index contributed by atoms with van der Waals surface area (Å²) < 4.78 is 9.43. The second-order valence-electron chi connectivity index (χ2n) is 6.68. The van der Waals surface area contributed by atoms with Crippen molar-refractivity contribution in [2.24, 2.45) is 0 Å². The highest BCUT2D eigenvalue weighted by Gasteiger charge is 2.31. The Morgan fingerprint density at radius 1 is 0.567 bits per heavy atom. The van der Waals surface area contributed by atoms with Crippen molar-refractivity contribution in [1.82, 2.24) is 0 Å². The first-order chi connectivity index (χ1) is 14.0. The number of aliphatic hydroxyl groups is 4. The van der Waals surface area contributed by atoms with E-state index in [0.29, 0.717) is 0 Å². The van der Waals surface area contributed by atoms with Gasteiger partial charge in [0, 0.05) is 25.7 Å². The zero-order valence-corrected chi connectivity index (χ0v) is 16.5. The number of aliphatic carboxylic acids is 2. The van der Waals surface area contributed by atoms with E-state index in [4.69, 9.17) is 19.7 Å². The molecule has 12 nitrogen and oxygen atoms in total. The zero-order chi connectivity index (χ0) is 23.1. The monoisotopic (exact) mass is 438 g/mol. The van der Waals surface area contributed by atoms with Crippen molar-refractivity contribution in [3.8, 4) is 0 Å². The van der Waals surface area contributed by atoms with Crippen molar-refractivity contribution in [2.75, 3.05) is 13.2 Å². The summed E-state index contributed by atoms with van der Waals surface area (Å²) in [6.07, 6.45) is -6.47. The van der Waals surface area contributed by atoms with E-state index < -0.39 is 61.5 Å². The van der Waals surface area contributed by atoms with Gasteiger partial charge in [-0.05, 0) is 25.7 Å². The van der Waals surface area contributed by atoms with Crippen LogP contribution in [-0.2, 0) is 28.7 Å². The molecule has 0 aromatic heterocycles. The first-order valence-electron chi connectivity index (χ1n) is 9.51. The lowest BCUT2D eigenvalue weighted by molar-refractivity contribution is -0.162. The number of carbonyl (C=O) groups is 4. The van der Waals surface area contributed by atoms with E-state index in [1.54, 1.807) is 0 Å². The summed E-state index contributed by atoms with van der Waals surface area (Å²) in [5, 5.41) is 56.1. The minimum absolute atomic E-state index is 0.0797. The third-order valence-electron chi connectivity index (χ3n) is 4.01. The average molecular weight is 438 g/mol. The molecule has 0 amide bonds. The second kappa shape index (κ2) is 15.5. The minimum Gasteiger partial charge on any atom is -0.481 e. The number of ether oxygens (including phenoxy) is 2. The fourth-order valence-electron chi connectivity index (χ4n) is 2.24. The smallest absolute Gasteiger partial charge is 0.305 e. The quantitative estimate of drug-likeness (QED) is 0.117. The molecule has 0 aliphatic rings. The third-order valence-corrected chi connectivity index (χ3v) is 4.01. The molecular weight excluding hydrogens is 408 g/mol. The van der Waals surface area contributed by atoms with Gasteiger partial charge in [-0.3, -0.25) is 19.2 Å². The molecule has 0 fully saturated rings. The molecule has 0 unspecified atom stereocenters. The largest absolute Gasteiger partial charge is 0.481 e. The second-order valence-corrected chi connectivity index (χ2v) is 6.68. The van der Waals surface area contributed by atoms with Crippen LogP contribution >= 0.6 is 0 Å². The van der Waals surface area contributed by atoms with E-state index in [2.05, 4.69) is 0 Å². The third kappa shape index (κ3) is 13.8. The maximum atomic E-state index is 11.5. The molecule has 0 radical (unpaired) electrons. The molecule has 0 bridgehead atoms. The Kier molecular flexibility index (Phi) is 14.4. The Morgan fingerprint density at radius 2 is 0.867 bits per heavy atom. The maximum Gasteiger partial charge on any atom is 0.305 e. The summed E-state index contributed by atoms with van der Waals surface area (Å²) in [4.78, 5) is 43.7. The molecule has 6 N–H and O–H groups in total. The highest BCUT2D eigenvalue weighted by molar-refractivity contribution is 5.70. The summed E-state index contributed by atoms with van der Waals surface area (Å²) in [5.74, 6) is -3.42. The Hall–Kier alpha value is -2.28. The molecule has 12 heteroatoms. The number of hydrogen-bond donors (Lipinski definition) is 6. The number of aliphatic hydroxyl groups excluding tert-OH is 4. The lowest BCUT2D eigenvalue weighted by Crippen LogP contribution is -2.48. The molecule has 0 heterocycles. The molecule has 30 heavy (non-hydrogen) atoms. The normalized spacial score (nSPS) is 14.9. The number of carboxylic acid groups (broad SMARTS) is 2. The van der Waals surface area contributed by atoms with Crippen LogP contribution in [0.25, 0.3) is 0 Å². The van der Waals surface area contributed by atoms with E-state index in [0.717, 1.165) is 0 Å². The van der Waals surface area contributed by atoms with Crippen LogP contribution in [0.4, 0.5) is 0 Å². The van der Waals surface area contributed by atoms with E-state index in [9.17, 15) is 39.6 Å². The van der Waals surface area contributed by atoms with E-state index in [1.165, 1.54) is 0 Å². The topological polar surface area (TPSA) is 208 Å². The predicted octanol–water partition coefficient (Wildman–Crippen LogP) is -1.19. The number of unbranched alkanes of at least 4 members (excludes halogenated alkanes) is 2. The summed E-state index contributed by atoms with van der Waals surface area (Å²) in [6.45, 7) is -1.32. The van der Waals surface area contributed by atoms with Gasteiger partial charge in [-0.15, -0.1) is 0 Å². The number of carboxylic acids is 2. The van der Waals surface area contributed by atoms with E-state index in [-0.39, 0.29) is 51.4 Å². The molecule has 0 aromatic carbocycles. The summed E-state index contributed by atoms with van der Waals surface area (Å²) >= 11 is 0. The highest BCUT2D eigenvalue weighted by Crippen LogP contribution is 2.09. The van der Waals surface area contributed by atoms with Crippen molar-refractivity contribution in [2.45, 2.75) is 75.8 Å². The van der Waals surface area contributed by atoms with E-state index in [1.807, 2.05) is 0 Å². The van der Waals surface area contributed by atoms with Gasteiger partial charge in [0.1, 0.15) is 37.6 Å². The number of carbonyl (C=O) groups excluding carboxylic acids is 2. The fraction of sp³-hybridized carbons (Fsp3) is 0.778. The predicted molar refractivity (Wildman–Crippen MR) is 98.2 cm³/mol. The molecule has 174 valence electrons. The van der Waals surface area contributed by atoms with Crippen LogP contribution in [0.15, 0.2) is 0 Å². The molecule has 4 atom stereocenters. The van der Waals surface area contributed by atoms with Gasteiger partial charge in [-0.2, -0.15) is 0 Å². The fourth-order valence-corrected chi connectivity index (χ4v) is 2.24. The molecule has 0 saturated heterocycles. The number of hydrogen-bond acceptors (Lipinski definition) is 10. The standard InChI is InChI=1S/C18H30O12/c19-11(9-29-15(25)7-3-1-5-13(21)22)17(27)18(28)12(20)10-30-16(26)8-4-2-6-14(23)24/h11-12,17-20,27-28H,1-10H2,(H,21,22)(H,23,24)/t11-,12+,17-,18-/m1/s1. The van der Waals surface area contributed by atoms with Gasteiger partial charge in [0.15, 0.2) is 0 Å². The SMILES string of the molecule is O=C(O)CCCCC(=O)OC[C@@H](O)[C@@H](O)[C@H](O)[C@@H](O)COC(=O)CCCCC(=O)O. The van der Waals surface area contributed by atoms with Crippen molar-refractivity contribution in [3.63, 3.8) is 0 Å². The van der Waals surface area contributed by atoms with Crippen LogP contribution in [0.3, 0.4) is 0 Å². The van der Waals surface area contributed by atoms with Crippen molar-refractivity contribution in [3.05, 3.63) is 0 Å². The summed E-state index contributed by atoms with van der Waals surface area (Å²) in [7, 11) is 0. The minimum atomic E-state index is -1.89. The van der Waals surface area contributed by atoms with Gasteiger partial charge < -0.3 is 40.1 Å². The van der Waals surface area contributed by atoms with Gasteiger partial charge in [0.2, 0.25) is 0 Å². The Morgan fingerprint density at radius 3 is 1.17 bits per heavy atom. The molecule has 0 spiro atoms. The van der Waals surface area contributed by atoms with Gasteiger partial charge in [-0.1, -0.05) is 0 Å². The molecule has 0 aliphatic carbocycles. The van der Waals surface area contributed by atoms with Gasteiger partial charge in [-0.25, -0.2) is 0 Å². The molecule has 0 aliphatic heterocycles.